The van der Waals surface area contributed by atoms with Crippen molar-refractivity contribution in [1.82, 2.24) is 5.48 Å². The summed E-state index contributed by atoms with van der Waals surface area (Å²) in [6.45, 7) is 0. The summed E-state index contributed by atoms with van der Waals surface area (Å²) in [6, 6.07) is 5.04. The van der Waals surface area contributed by atoms with Crippen LogP contribution in [0.1, 0.15) is 10.4 Å². The highest BCUT2D eigenvalue weighted by Gasteiger charge is 2.07. The van der Waals surface area contributed by atoms with Gasteiger partial charge in [0.1, 0.15) is 0 Å². The lowest BCUT2D eigenvalue weighted by Crippen LogP contribution is -2.18. The average molecular weight is 295 g/mol. The fraction of sp³-hybridized carbons (Fsp3) is 0. The van der Waals surface area contributed by atoms with E-state index < -0.39 is 5.91 Å². The topological polar surface area (TPSA) is 49.3 Å². The molecule has 3 nitrogen and oxygen atoms in total. The van der Waals surface area contributed by atoms with Gasteiger partial charge in [-0.15, -0.1) is 0 Å². The Labute approximate surface area is 86.0 Å². The Morgan fingerprint density at radius 1 is 1.42 bits per heavy atom. The lowest BCUT2D eigenvalue weighted by Gasteiger charge is -2.01. The molecule has 0 aliphatic rings. The largest absolute Gasteiger partial charge is 0.288 e. The molecule has 0 unspecified atom stereocenters. The van der Waals surface area contributed by atoms with Crippen LogP contribution in [0.25, 0.3) is 0 Å². The highest BCUT2D eigenvalue weighted by molar-refractivity contribution is 9.11. The van der Waals surface area contributed by atoms with E-state index >= 15 is 0 Å². The van der Waals surface area contributed by atoms with Crippen molar-refractivity contribution in [3.05, 3.63) is 32.7 Å². The van der Waals surface area contributed by atoms with Gasteiger partial charge in [-0.3, -0.25) is 10.0 Å². The number of hydroxylamine groups is 1. The Kier molecular flexibility index (Phi) is 3.25. The van der Waals surface area contributed by atoms with Gasteiger partial charge in [-0.1, -0.05) is 15.9 Å². The summed E-state index contributed by atoms with van der Waals surface area (Å²) in [5, 5.41) is 8.35. The van der Waals surface area contributed by atoms with Gasteiger partial charge in [-0.05, 0) is 34.1 Å². The molecule has 0 heterocycles. The van der Waals surface area contributed by atoms with E-state index in [-0.39, 0.29) is 0 Å². The predicted octanol–water partition coefficient (Wildman–Crippen LogP) is 2.33. The molecule has 0 saturated heterocycles. The standard InChI is InChI=1S/C7H5Br2NO2/c8-4-1-2-5(6(9)3-4)7(11)10-12/h1-3,12H,(H,10,11). The lowest BCUT2D eigenvalue weighted by atomic mass is 10.2. The van der Waals surface area contributed by atoms with Gasteiger partial charge in [-0.25, -0.2) is 5.48 Å². The average Bonchev–Trinajstić information content (AvgIpc) is 2.03. The van der Waals surface area contributed by atoms with Crippen LogP contribution in [0, 0.1) is 0 Å². The maximum atomic E-state index is 10.9. The van der Waals surface area contributed by atoms with E-state index in [1.54, 1.807) is 23.7 Å². The van der Waals surface area contributed by atoms with Crippen molar-refractivity contribution in [3.63, 3.8) is 0 Å². The molecule has 1 amide bonds. The molecule has 0 aromatic heterocycles. The Bertz CT molecular complexity index is 314. The number of benzene rings is 1. The number of carbonyl (C=O) groups is 1. The van der Waals surface area contributed by atoms with Crippen molar-refractivity contribution in [2.75, 3.05) is 0 Å². The number of carbonyl (C=O) groups excluding carboxylic acids is 1. The van der Waals surface area contributed by atoms with Crippen LogP contribution >= 0.6 is 31.9 Å². The molecule has 5 heteroatoms. The molecule has 2 N–H and O–H groups in total. The normalized spacial score (nSPS) is 9.58. The first-order chi connectivity index (χ1) is 5.65. The quantitative estimate of drug-likeness (QED) is 0.617. The first kappa shape index (κ1) is 9.70. The van der Waals surface area contributed by atoms with Crippen molar-refractivity contribution in [1.29, 1.82) is 0 Å². The summed E-state index contributed by atoms with van der Waals surface area (Å²) in [7, 11) is 0. The number of nitrogens with one attached hydrogen (secondary N) is 1. The second-order valence-corrected chi connectivity index (χ2v) is 3.84. The summed E-state index contributed by atoms with van der Waals surface area (Å²) < 4.78 is 1.49. The van der Waals surface area contributed by atoms with Gasteiger partial charge in [0.2, 0.25) is 0 Å². The first-order valence-electron chi connectivity index (χ1n) is 3.04. The van der Waals surface area contributed by atoms with E-state index in [0.717, 1.165) is 4.47 Å². The van der Waals surface area contributed by atoms with Crippen LogP contribution < -0.4 is 5.48 Å². The molecule has 12 heavy (non-hydrogen) atoms. The molecule has 0 saturated carbocycles. The molecule has 1 rings (SSSR count). The maximum Gasteiger partial charge on any atom is 0.275 e. The highest BCUT2D eigenvalue weighted by atomic mass is 79.9. The third-order valence-electron chi connectivity index (χ3n) is 1.28. The molecule has 0 radical (unpaired) electrons. The van der Waals surface area contributed by atoms with E-state index in [2.05, 4.69) is 31.9 Å². The van der Waals surface area contributed by atoms with Crippen molar-refractivity contribution < 1.29 is 10.0 Å². The molecular weight excluding hydrogens is 290 g/mol. The maximum absolute atomic E-state index is 10.9. The van der Waals surface area contributed by atoms with Gasteiger partial charge in [-0.2, -0.15) is 0 Å². The van der Waals surface area contributed by atoms with Gasteiger partial charge < -0.3 is 0 Å². The van der Waals surface area contributed by atoms with Crippen molar-refractivity contribution in [2.24, 2.45) is 0 Å². The fourth-order valence-electron chi connectivity index (χ4n) is 0.734. The minimum absolute atomic E-state index is 0.390. The molecule has 64 valence electrons. The van der Waals surface area contributed by atoms with E-state index in [4.69, 9.17) is 5.21 Å². The number of hydrogen-bond acceptors (Lipinski definition) is 2. The van der Waals surface area contributed by atoms with Crippen LogP contribution in [0.4, 0.5) is 0 Å². The zero-order valence-corrected chi connectivity index (χ0v) is 9.02. The molecule has 1 aromatic rings. The number of hydrogen-bond donors (Lipinski definition) is 2. The second-order valence-electron chi connectivity index (χ2n) is 2.07. The van der Waals surface area contributed by atoms with Crippen LogP contribution in [0.15, 0.2) is 27.1 Å². The molecule has 0 atom stereocenters. The van der Waals surface area contributed by atoms with Gasteiger partial charge in [0.05, 0.1) is 5.56 Å². The van der Waals surface area contributed by atoms with E-state index in [1.165, 1.54) is 0 Å². The zero-order chi connectivity index (χ0) is 9.14. The molecule has 0 spiro atoms. The Morgan fingerprint density at radius 3 is 2.58 bits per heavy atom. The van der Waals surface area contributed by atoms with E-state index in [1.807, 2.05) is 0 Å². The molecule has 0 aliphatic carbocycles. The smallest absolute Gasteiger partial charge is 0.275 e. The van der Waals surface area contributed by atoms with Gasteiger partial charge in [0.15, 0.2) is 0 Å². The van der Waals surface area contributed by atoms with Crippen LogP contribution in [0.5, 0.6) is 0 Å². The van der Waals surface area contributed by atoms with Crippen molar-refractivity contribution >= 4 is 37.8 Å². The van der Waals surface area contributed by atoms with Crippen LogP contribution in [0.2, 0.25) is 0 Å². The molecule has 1 aromatic carbocycles. The Hall–Kier alpha value is -0.390. The summed E-state index contributed by atoms with van der Waals surface area (Å²) in [4.78, 5) is 10.9. The van der Waals surface area contributed by atoms with Gasteiger partial charge in [0.25, 0.3) is 5.91 Å². The molecule has 0 fully saturated rings. The van der Waals surface area contributed by atoms with Crippen molar-refractivity contribution in [2.45, 2.75) is 0 Å². The van der Waals surface area contributed by atoms with Gasteiger partial charge >= 0.3 is 0 Å². The second kappa shape index (κ2) is 4.02. The molecular formula is C7H5Br2NO2. The summed E-state index contributed by atoms with van der Waals surface area (Å²) in [5.41, 5.74) is 1.95. The van der Waals surface area contributed by atoms with E-state index in [0.29, 0.717) is 10.0 Å². The minimum atomic E-state index is -0.533. The summed E-state index contributed by atoms with van der Waals surface area (Å²) in [5.74, 6) is -0.533. The number of rotatable bonds is 1. The van der Waals surface area contributed by atoms with Gasteiger partial charge in [0, 0.05) is 8.95 Å². The van der Waals surface area contributed by atoms with Crippen LogP contribution in [-0.4, -0.2) is 11.1 Å². The fourth-order valence-corrected chi connectivity index (χ4v) is 1.96. The number of halogens is 2. The first-order valence-corrected chi connectivity index (χ1v) is 4.63. The predicted molar refractivity (Wildman–Crippen MR) is 51.1 cm³/mol. The number of amides is 1. The monoisotopic (exact) mass is 293 g/mol. The third kappa shape index (κ3) is 2.06. The third-order valence-corrected chi connectivity index (χ3v) is 2.43. The lowest BCUT2D eigenvalue weighted by molar-refractivity contribution is 0.0705. The molecule has 0 aliphatic heterocycles. The summed E-state index contributed by atoms with van der Waals surface area (Å²) in [6.07, 6.45) is 0. The summed E-state index contributed by atoms with van der Waals surface area (Å²) >= 11 is 6.43. The molecule has 0 bridgehead atoms. The van der Waals surface area contributed by atoms with Crippen LogP contribution in [0.3, 0.4) is 0 Å². The Morgan fingerprint density at radius 2 is 2.08 bits per heavy atom. The minimum Gasteiger partial charge on any atom is -0.288 e. The highest BCUT2D eigenvalue weighted by Crippen LogP contribution is 2.21. The SMILES string of the molecule is O=C(NO)c1ccc(Br)cc1Br. The Balaban J connectivity index is 3.09. The van der Waals surface area contributed by atoms with Crippen LogP contribution in [-0.2, 0) is 0 Å². The van der Waals surface area contributed by atoms with E-state index in [9.17, 15) is 4.79 Å². The zero-order valence-electron chi connectivity index (χ0n) is 5.84. The van der Waals surface area contributed by atoms with Crippen molar-refractivity contribution in [3.8, 4) is 0 Å².